The van der Waals surface area contributed by atoms with Crippen molar-refractivity contribution in [1.82, 2.24) is 10.3 Å². The Bertz CT molecular complexity index is 373. The average Bonchev–Trinajstić information content (AvgIpc) is 2.31. The average molecular weight is 220 g/mol. The molecule has 1 fully saturated rings. The van der Waals surface area contributed by atoms with E-state index in [1.165, 1.54) is 31.5 Å². The van der Waals surface area contributed by atoms with Crippen LogP contribution in [0.5, 0.6) is 5.75 Å². The number of nitrogens with one attached hydrogen (secondary N) is 1. The van der Waals surface area contributed by atoms with Crippen molar-refractivity contribution in [2.45, 2.75) is 38.1 Å². The lowest BCUT2D eigenvalue weighted by Crippen LogP contribution is -2.36. The van der Waals surface area contributed by atoms with Crippen molar-refractivity contribution in [3.8, 4) is 5.75 Å². The Hall–Kier alpha value is -1.58. The Balaban J connectivity index is 2.00. The summed E-state index contributed by atoms with van der Waals surface area (Å²) >= 11 is 0. The van der Waals surface area contributed by atoms with Crippen molar-refractivity contribution >= 4 is 5.91 Å². The molecule has 2 rings (SSSR count). The van der Waals surface area contributed by atoms with Crippen molar-refractivity contribution in [3.63, 3.8) is 0 Å². The van der Waals surface area contributed by atoms with Gasteiger partial charge in [0, 0.05) is 12.2 Å². The van der Waals surface area contributed by atoms with E-state index in [9.17, 15) is 9.90 Å². The van der Waals surface area contributed by atoms with Crippen LogP contribution in [0.15, 0.2) is 18.3 Å². The molecule has 0 aromatic carbocycles. The van der Waals surface area contributed by atoms with Gasteiger partial charge < -0.3 is 10.4 Å². The first kappa shape index (κ1) is 10.9. The third-order valence-electron chi connectivity index (χ3n) is 2.94. The Morgan fingerprint density at radius 3 is 2.81 bits per heavy atom. The van der Waals surface area contributed by atoms with E-state index < -0.39 is 0 Å². The van der Waals surface area contributed by atoms with Crippen LogP contribution in [0, 0.1) is 0 Å². The Kier molecular flexibility index (Phi) is 3.39. The quantitative estimate of drug-likeness (QED) is 0.799. The number of aromatic hydroxyl groups is 1. The number of carbonyl (C=O) groups is 1. The number of aromatic nitrogens is 1. The van der Waals surface area contributed by atoms with E-state index in [2.05, 4.69) is 10.3 Å². The molecule has 0 saturated heterocycles. The number of amides is 1. The van der Waals surface area contributed by atoms with Gasteiger partial charge >= 0.3 is 0 Å². The molecule has 0 unspecified atom stereocenters. The van der Waals surface area contributed by atoms with Gasteiger partial charge in [-0.3, -0.25) is 4.79 Å². The molecule has 4 heteroatoms. The van der Waals surface area contributed by atoms with E-state index in [0.29, 0.717) is 0 Å². The van der Waals surface area contributed by atoms with Gasteiger partial charge in [-0.05, 0) is 25.0 Å². The molecule has 0 aliphatic heterocycles. The monoisotopic (exact) mass is 220 g/mol. The summed E-state index contributed by atoms with van der Waals surface area (Å²) in [6, 6.07) is 3.32. The minimum atomic E-state index is -0.273. The highest BCUT2D eigenvalue weighted by molar-refractivity contribution is 5.94. The van der Waals surface area contributed by atoms with Gasteiger partial charge in [-0.15, -0.1) is 0 Å². The fourth-order valence-electron chi connectivity index (χ4n) is 2.07. The number of carbonyl (C=O) groups excluding carboxylic acids is 1. The molecule has 16 heavy (non-hydrogen) atoms. The topological polar surface area (TPSA) is 62.2 Å². The Morgan fingerprint density at radius 2 is 2.12 bits per heavy atom. The molecule has 1 aliphatic carbocycles. The van der Waals surface area contributed by atoms with E-state index >= 15 is 0 Å². The van der Waals surface area contributed by atoms with Crippen molar-refractivity contribution in [2.75, 3.05) is 0 Å². The molecule has 0 atom stereocenters. The van der Waals surface area contributed by atoms with E-state index in [-0.39, 0.29) is 23.4 Å². The molecule has 1 amide bonds. The molecule has 1 aromatic rings. The van der Waals surface area contributed by atoms with Gasteiger partial charge in [0.25, 0.3) is 5.91 Å². The van der Waals surface area contributed by atoms with Crippen LogP contribution in [-0.4, -0.2) is 22.0 Å². The molecule has 0 bridgehead atoms. The van der Waals surface area contributed by atoms with Crippen LogP contribution in [0.1, 0.15) is 42.6 Å². The number of rotatable bonds is 2. The summed E-state index contributed by atoms with van der Waals surface area (Å²) in [5.74, 6) is -0.333. The normalized spacial score (nSPS) is 17.0. The van der Waals surface area contributed by atoms with Crippen molar-refractivity contribution in [2.24, 2.45) is 0 Å². The van der Waals surface area contributed by atoms with Crippen molar-refractivity contribution in [3.05, 3.63) is 24.0 Å². The predicted molar refractivity (Wildman–Crippen MR) is 60.2 cm³/mol. The third-order valence-corrected chi connectivity index (χ3v) is 2.94. The van der Waals surface area contributed by atoms with Crippen molar-refractivity contribution < 1.29 is 9.90 Å². The van der Waals surface area contributed by atoms with Gasteiger partial charge in [0.1, 0.15) is 5.75 Å². The van der Waals surface area contributed by atoms with E-state index in [4.69, 9.17) is 0 Å². The van der Waals surface area contributed by atoms with E-state index in [1.807, 2.05) is 0 Å². The summed E-state index contributed by atoms with van der Waals surface area (Å²) in [4.78, 5) is 15.7. The fraction of sp³-hybridized carbons (Fsp3) is 0.500. The third kappa shape index (κ3) is 2.51. The van der Waals surface area contributed by atoms with E-state index in [1.54, 1.807) is 6.07 Å². The van der Waals surface area contributed by atoms with Crippen LogP contribution in [0.2, 0.25) is 0 Å². The number of hydrogen-bond acceptors (Lipinski definition) is 3. The highest BCUT2D eigenvalue weighted by Gasteiger charge is 2.18. The first-order valence-corrected chi connectivity index (χ1v) is 5.72. The maximum atomic E-state index is 11.8. The Morgan fingerprint density at radius 1 is 1.38 bits per heavy atom. The van der Waals surface area contributed by atoms with E-state index in [0.717, 1.165) is 12.8 Å². The lowest BCUT2D eigenvalue weighted by Gasteiger charge is -2.22. The molecule has 1 saturated carbocycles. The second-order valence-electron chi connectivity index (χ2n) is 4.18. The summed E-state index contributed by atoms with van der Waals surface area (Å²) in [6.07, 6.45) is 7.15. The summed E-state index contributed by atoms with van der Waals surface area (Å²) < 4.78 is 0. The Labute approximate surface area is 94.7 Å². The van der Waals surface area contributed by atoms with Crippen LogP contribution >= 0.6 is 0 Å². The highest BCUT2D eigenvalue weighted by Crippen LogP contribution is 2.19. The lowest BCUT2D eigenvalue weighted by atomic mass is 9.95. The molecule has 2 N–H and O–H groups in total. The number of hydrogen-bond donors (Lipinski definition) is 2. The summed E-state index contributed by atoms with van der Waals surface area (Å²) in [7, 11) is 0. The zero-order valence-corrected chi connectivity index (χ0v) is 9.15. The molecular weight excluding hydrogens is 204 g/mol. The van der Waals surface area contributed by atoms with Crippen LogP contribution in [-0.2, 0) is 0 Å². The molecule has 1 heterocycles. The van der Waals surface area contributed by atoms with Gasteiger partial charge in [-0.1, -0.05) is 19.3 Å². The first-order chi connectivity index (χ1) is 7.77. The summed E-state index contributed by atoms with van der Waals surface area (Å²) in [5, 5.41) is 12.4. The largest absolute Gasteiger partial charge is 0.505 e. The second kappa shape index (κ2) is 4.96. The fourth-order valence-corrected chi connectivity index (χ4v) is 2.07. The standard InChI is InChI=1S/C12H16N2O2/c15-10-7-4-8-13-11(10)12(16)14-9-5-2-1-3-6-9/h4,7-9,15H,1-3,5-6H2,(H,14,16). The number of nitrogens with zero attached hydrogens (tertiary/aromatic N) is 1. The molecule has 0 radical (unpaired) electrons. The van der Waals surface area contributed by atoms with Gasteiger partial charge in [0.2, 0.25) is 0 Å². The zero-order valence-electron chi connectivity index (χ0n) is 9.15. The smallest absolute Gasteiger partial charge is 0.273 e. The van der Waals surface area contributed by atoms with Crippen LogP contribution in [0.25, 0.3) is 0 Å². The highest BCUT2D eigenvalue weighted by atomic mass is 16.3. The maximum Gasteiger partial charge on any atom is 0.273 e. The minimum Gasteiger partial charge on any atom is -0.505 e. The molecule has 4 nitrogen and oxygen atoms in total. The van der Waals surface area contributed by atoms with Gasteiger partial charge in [-0.2, -0.15) is 0 Å². The zero-order chi connectivity index (χ0) is 11.4. The molecule has 1 aromatic heterocycles. The van der Waals surface area contributed by atoms with Crippen molar-refractivity contribution in [1.29, 1.82) is 0 Å². The predicted octanol–water partition coefficient (Wildman–Crippen LogP) is 1.85. The van der Waals surface area contributed by atoms with Gasteiger partial charge in [-0.25, -0.2) is 4.98 Å². The van der Waals surface area contributed by atoms with Gasteiger partial charge in [0.15, 0.2) is 5.69 Å². The van der Waals surface area contributed by atoms with Crippen LogP contribution in [0.4, 0.5) is 0 Å². The molecule has 86 valence electrons. The SMILES string of the molecule is O=C(NC1CCCCC1)c1ncccc1O. The first-order valence-electron chi connectivity index (χ1n) is 5.72. The summed E-state index contributed by atoms with van der Waals surface area (Å²) in [6.45, 7) is 0. The molecule has 0 spiro atoms. The molecule has 1 aliphatic rings. The molecular formula is C12H16N2O2. The second-order valence-corrected chi connectivity index (χ2v) is 4.18. The number of pyridine rings is 1. The maximum absolute atomic E-state index is 11.8. The lowest BCUT2D eigenvalue weighted by molar-refractivity contribution is 0.0919. The van der Waals surface area contributed by atoms with Crippen LogP contribution < -0.4 is 5.32 Å². The summed E-state index contributed by atoms with van der Waals surface area (Å²) in [5.41, 5.74) is 0.119. The van der Waals surface area contributed by atoms with Crippen LogP contribution in [0.3, 0.4) is 0 Å². The minimum absolute atomic E-state index is 0.0594. The van der Waals surface area contributed by atoms with Gasteiger partial charge in [0.05, 0.1) is 0 Å².